The number of aromatic nitrogens is 3. The molecule has 0 unspecified atom stereocenters. The standard InChI is InChI=1S/C31H53N5O4S/c1-30(2,3)14-17-37-19-21-39-23-24-40-22-20-38-18-16-36-25-28(34-35-36)9-7-8-15-32-29(41)33-27-12-10-26(11-13-27)31(4,5)6/h10-13,25H,7-9,14-24H2,1-6H3,(H2,32,33,41). The van der Waals surface area contributed by atoms with E-state index in [-0.39, 0.29) is 5.41 Å². The minimum Gasteiger partial charge on any atom is -0.379 e. The summed E-state index contributed by atoms with van der Waals surface area (Å²) in [7, 11) is 0. The molecule has 1 aromatic heterocycles. The minimum atomic E-state index is 0.143. The minimum absolute atomic E-state index is 0.143. The Morgan fingerprint density at radius 3 is 1.98 bits per heavy atom. The van der Waals surface area contributed by atoms with Crippen LogP contribution in [0.5, 0.6) is 0 Å². The van der Waals surface area contributed by atoms with Crippen molar-refractivity contribution < 1.29 is 18.9 Å². The molecule has 232 valence electrons. The lowest BCUT2D eigenvalue weighted by Gasteiger charge is -2.19. The van der Waals surface area contributed by atoms with Crippen LogP contribution >= 0.6 is 12.2 Å². The second kappa shape index (κ2) is 19.2. The topological polar surface area (TPSA) is 91.7 Å². The van der Waals surface area contributed by atoms with Crippen molar-refractivity contribution in [1.82, 2.24) is 20.3 Å². The molecule has 9 nitrogen and oxygen atoms in total. The van der Waals surface area contributed by atoms with Gasteiger partial charge in [-0.15, -0.1) is 5.10 Å². The van der Waals surface area contributed by atoms with E-state index in [1.54, 1.807) is 0 Å². The van der Waals surface area contributed by atoms with Crippen LogP contribution in [0.4, 0.5) is 5.69 Å². The lowest BCUT2D eigenvalue weighted by molar-refractivity contribution is -0.00491. The van der Waals surface area contributed by atoms with E-state index in [2.05, 4.69) is 86.8 Å². The zero-order valence-corrected chi connectivity index (χ0v) is 27.0. The van der Waals surface area contributed by atoms with Crippen LogP contribution in [0.2, 0.25) is 0 Å². The van der Waals surface area contributed by atoms with Crippen molar-refractivity contribution in [3.63, 3.8) is 0 Å². The number of nitrogens with one attached hydrogen (secondary N) is 2. The molecule has 0 atom stereocenters. The summed E-state index contributed by atoms with van der Waals surface area (Å²) >= 11 is 5.43. The molecule has 0 spiro atoms. The number of aryl methyl sites for hydroxylation is 1. The van der Waals surface area contributed by atoms with Gasteiger partial charge in [-0.1, -0.05) is 58.9 Å². The van der Waals surface area contributed by atoms with Crippen LogP contribution in [0.1, 0.15) is 72.1 Å². The fourth-order valence-corrected chi connectivity index (χ4v) is 3.94. The molecule has 0 aliphatic heterocycles. The average molecular weight is 592 g/mol. The molecule has 2 aromatic rings. The maximum absolute atomic E-state index is 5.64. The average Bonchev–Trinajstić information content (AvgIpc) is 3.35. The molecule has 0 radical (unpaired) electrons. The van der Waals surface area contributed by atoms with Gasteiger partial charge >= 0.3 is 0 Å². The Kier molecular flexibility index (Phi) is 16.4. The van der Waals surface area contributed by atoms with E-state index in [1.807, 2.05) is 10.9 Å². The smallest absolute Gasteiger partial charge is 0.170 e. The molecular weight excluding hydrogens is 538 g/mol. The molecule has 0 fully saturated rings. The number of ether oxygens (including phenoxy) is 4. The fraction of sp³-hybridized carbons (Fsp3) is 0.710. The van der Waals surface area contributed by atoms with Crippen LogP contribution in [-0.2, 0) is 37.3 Å². The summed E-state index contributed by atoms with van der Waals surface area (Å²) in [4.78, 5) is 0. The zero-order valence-electron chi connectivity index (χ0n) is 26.2. The normalized spacial score (nSPS) is 12.0. The van der Waals surface area contributed by atoms with E-state index >= 15 is 0 Å². The Balaban J connectivity index is 1.40. The summed E-state index contributed by atoms with van der Waals surface area (Å²) in [5.41, 5.74) is 3.74. The molecule has 0 aliphatic carbocycles. The number of rotatable bonds is 20. The van der Waals surface area contributed by atoms with Gasteiger partial charge in [-0.05, 0) is 66.4 Å². The van der Waals surface area contributed by atoms with Crippen molar-refractivity contribution in [2.45, 2.75) is 79.2 Å². The molecule has 0 amide bonds. The summed E-state index contributed by atoms with van der Waals surface area (Å²) in [6.07, 6.45) is 5.93. The molecule has 10 heteroatoms. The number of nitrogens with zero attached hydrogens (tertiary/aromatic N) is 3. The van der Waals surface area contributed by atoms with E-state index in [1.165, 1.54) is 5.56 Å². The summed E-state index contributed by atoms with van der Waals surface area (Å²) in [6, 6.07) is 8.43. The Labute approximate surface area is 253 Å². The maximum Gasteiger partial charge on any atom is 0.170 e. The number of anilines is 1. The predicted octanol–water partition coefficient (Wildman–Crippen LogP) is 5.39. The van der Waals surface area contributed by atoms with Gasteiger partial charge in [0.1, 0.15) is 0 Å². The van der Waals surface area contributed by atoms with E-state index in [9.17, 15) is 0 Å². The maximum atomic E-state index is 5.64. The Morgan fingerprint density at radius 2 is 1.39 bits per heavy atom. The molecule has 0 saturated carbocycles. The van der Waals surface area contributed by atoms with Gasteiger partial charge in [-0.3, -0.25) is 0 Å². The molecule has 0 bridgehead atoms. The first-order valence-corrected chi connectivity index (χ1v) is 15.3. The van der Waals surface area contributed by atoms with Crippen molar-refractivity contribution in [1.29, 1.82) is 0 Å². The van der Waals surface area contributed by atoms with Gasteiger partial charge < -0.3 is 29.6 Å². The van der Waals surface area contributed by atoms with Gasteiger partial charge in [0.05, 0.1) is 58.5 Å². The molecule has 1 heterocycles. The number of hydrogen-bond acceptors (Lipinski definition) is 7. The summed E-state index contributed by atoms with van der Waals surface area (Å²) in [6.45, 7) is 19.5. The highest BCUT2D eigenvalue weighted by atomic mass is 32.1. The zero-order chi connectivity index (χ0) is 30.0. The molecule has 2 N–H and O–H groups in total. The van der Waals surface area contributed by atoms with E-state index in [0.717, 1.165) is 50.2 Å². The Hall–Kier alpha value is -2.11. The quantitative estimate of drug-likeness (QED) is 0.155. The first kappa shape index (κ1) is 35.1. The van der Waals surface area contributed by atoms with E-state index in [0.29, 0.717) is 63.3 Å². The first-order chi connectivity index (χ1) is 19.5. The summed E-state index contributed by atoms with van der Waals surface area (Å²) < 4.78 is 24.1. The molecule has 2 rings (SSSR count). The molecule has 0 saturated heterocycles. The van der Waals surface area contributed by atoms with Gasteiger partial charge in [-0.25, -0.2) is 4.68 Å². The van der Waals surface area contributed by atoms with Crippen molar-refractivity contribution >= 4 is 23.0 Å². The Bertz CT molecular complexity index is 970. The largest absolute Gasteiger partial charge is 0.379 e. The highest BCUT2D eigenvalue weighted by Gasteiger charge is 2.13. The van der Waals surface area contributed by atoms with Crippen LogP contribution in [0.15, 0.2) is 30.5 Å². The van der Waals surface area contributed by atoms with Crippen molar-refractivity contribution in [2.75, 3.05) is 64.7 Å². The first-order valence-electron chi connectivity index (χ1n) is 14.9. The third-order valence-electron chi connectivity index (χ3n) is 6.32. The highest BCUT2D eigenvalue weighted by Crippen LogP contribution is 2.23. The van der Waals surface area contributed by atoms with Gasteiger partial charge in [0, 0.05) is 25.0 Å². The monoisotopic (exact) mass is 591 g/mol. The fourth-order valence-electron chi connectivity index (χ4n) is 3.72. The number of hydrogen-bond donors (Lipinski definition) is 2. The molecular formula is C31H53N5O4S. The van der Waals surface area contributed by atoms with E-state index < -0.39 is 0 Å². The summed E-state index contributed by atoms with van der Waals surface area (Å²) in [5.74, 6) is 0. The van der Waals surface area contributed by atoms with Gasteiger partial charge in [-0.2, -0.15) is 0 Å². The molecule has 0 aliphatic rings. The number of benzene rings is 1. The van der Waals surface area contributed by atoms with E-state index in [4.69, 9.17) is 31.2 Å². The predicted molar refractivity (Wildman–Crippen MR) is 170 cm³/mol. The Morgan fingerprint density at radius 1 is 0.805 bits per heavy atom. The second-order valence-electron chi connectivity index (χ2n) is 12.4. The highest BCUT2D eigenvalue weighted by molar-refractivity contribution is 7.80. The van der Waals surface area contributed by atoms with Crippen LogP contribution in [-0.4, -0.2) is 79.5 Å². The third-order valence-corrected chi connectivity index (χ3v) is 6.56. The van der Waals surface area contributed by atoms with Gasteiger partial charge in [0.2, 0.25) is 0 Å². The third kappa shape index (κ3) is 17.4. The lowest BCUT2D eigenvalue weighted by atomic mass is 9.87. The van der Waals surface area contributed by atoms with Crippen molar-refractivity contribution in [3.8, 4) is 0 Å². The van der Waals surface area contributed by atoms with Crippen LogP contribution in [0.25, 0.3) is 0 Å². The summed E-state index contributed by atoms with van der Waals surface area (Å²) in [5, 5.41) is 15.6. The lowest BCUT2D eigenvalue weighted by Crippen LogP contribution is -2.29. The van der Waals surface area contributed by atoms with Crippen LogP contribution in [0, 0.1) is 5.41 Å². The molecule has 1 aromatic carbocycles. The van der Waals surface area contributed by atoms with Crippen molar-refractivity contribution in [3.05, 3.63) is 41.7 Å². The van der Waals surface area contributed by atoms with Gasteiger partial charge in [0.25, 0.3) is 0 Å². The number of unbranched alkanes of at least 4 members (excludes halogenated alkanes) is 1. The number of thiocarbonyl (C=S) groups is 1. The SMILES string of the molecule is CC(C)(C)CCOCCOCCOCCOCCn1cc(CCCCNC(=S)Nc2ccc(C(C)(C)C)cc2)nn1. The van der Waals surface area contributed by atoms with Crippen molar-refractivity contribution in [2.24, 2.45) is 5.41 Å². The van der Waals surface area contributed by atoms with Crippen LogP contribution < -0.4 is 10.6 Å². The van der Waals surface area contributed by atoms with Crippen LogP contribution in [0.3, 0.4) is 0 Å². The second-order valence-corrected chi connectivity index (χ2v) is 12.8. The van der Waals surface area contributed by atoms with Gasteiger partial charge in [0.15, 0.2) is 5.11 Å². The molecule has 41 heavy (non-hydrogen) atoms.